The van der Waals surface area contributed by atoms with Gasteiger partial charge < -0.3 is 4.74 Å². The minimum Gasteiger partial charge on any atom is -0.504 e. The molecule has 0 radical (unpaired) electrons. The molecule has 0 saturated carbocycles. The standard InChI is InChI=1S/C19H21BrO/c1-19(2,3)15-11-9-14(10-12-15)17(13-21-4)16-7-5-6-8-18(16)20/h5-13H,1-4H3/b17-13+. The highest BCUT2D eigenvalue weighted by atomic mass is 79.9. The Morgan fingerprint density at radius 1 is 1.00 bits per heavy atom. The molecule has 0 saturated heterocycles. The van der Waals surface area contributed by atoms with Crippen molar-refractivity contribution in [2.75, 3.05) is 7.11 Å². The maximum absolute atomic E-state index is 5.28. The van der Waals surface area contributed by atoms with Crippen LogP contribution in [0.4, 0.5) is 0 Å². The van der Waals surface area contributed by atoms with Crippen molar-refractivity contribution in [1.29, 1.82) is 0 Å². The lowest BCUT2D eigenvalue weighted by Crippen LogP contribution is -2.10. The normalized spacial score (nSPS) is 12.3. The van der Waals surface area contributed by atoms with Crippen LogP contribution in [-0.2, 0) is 10.2 Å². The van der Waals surface area contributed by atoms with Crippen LogP contribution in [0.3, 0.4) is 0 Å². The van der Waals surface area contributed by atoms with E-state index in [1.807, 2.05) is 18.2 Å². The van der Waals surface area contributed by atoms with E-state index in [2.05, 4.69) is 67.0 Å². The summed E-state index contributed by atoms with van der Waals surface area (Å²) in [6.07, 6.45) is 1.80. The van der Waals surface area contributed by atoms with Gasteiger partial charge in [0.25, 0.3) is 0 Å². The summed E-state index contributed by atoms with van der Waals surface area (Å²) in [5, 5.41) is 0. The smallest absolute Gasteiger partial charge is 0.0909 e. The fourth-order valence-corrected chi connectivity index (χ4v) is 2.73. The molecule has 0 fully saturated rings. The highest BCUT2D eigenvalue weighted by Gasteiger charge is 2.14. The molecule has 0 aliphatic carbocycles. The van der Waals surface area contributed by atoms with Crippen LogP contribution in [0.1, 0.15) is 37.5 Å². The number of benzene rings is 2. The maximum atomic E-state index is 5.28. The van der Waals surface area contributed by atoms with E-state index in [4.69, 9.17) is 4.74 Å². The van der Waals surface area contributed by atoms with E-state index in [1.54, 1.807) is 13.4 Å². The number of hydrogen-bond acceptors (Lipinski definition) is 1. The molecule has 2 rings (SSSR count). The lowest BCUT2D eigenvalue weighted by Gasteiger charge is -2.19. The van der Waals surface area contributed by atoms with Crippen LogP contribution >= 0.6 is 15.9 Å². The molecular formula is C19H21BrO. The second-order valence-corrected chi connectivity index (χ2v) is 6.93. The largest absolute Gasteiger partial charge is 0.504 e. The summed E-state index contributed by atoms with van der Waals surface area (Å²) in [6, 6.07) is 16.9. The quantitative estimate of drug-likeness (QED) is 0.641. The van der Waals surface area contributed by atoms with E-state index < -0.39 is 0 Å². The summed E-state index contributed by atoms with van der Waals surface area (Å²) in [4.78, 5) is 0. The van der Waals surface area contributed by atoms with Gasteiger partial charge in [0.1, 0.15) is 0 Å². The Bertz CT molecular complexity index is 633. The molecule has 0 N–H and O–H groups in total. The molecule has 21 heavy (non-hydrogen) atoms. The van der Waals surface area contributed by atoms with E-state index in [0.717, 1.165) is 21.2 Å². The van der Waals surface area contributed by atoms with Gasteiger partial charge >= 0.3 is 0 Å². The Balaban J connectivity index is 2.46. The van der Waals surface area contributed by atoms with Crippen molar-refractivity contribution in [2.45, 2.75) is 26.2 Å². The number of halogens is 1. The molecule has 0 aliphatic rings. The van der Waals surface area contributed by atoms with E-state index >= 15 is 0 Å². The summed E-state index contributed by atoms with van der Waals surface area (Å²) in [7, 11) is 1.68. The highest BCUT2D eigenvalue weighted by Crippen LogP contribution is 2.31. The monoisotopic (exact) mass is 344 g/mol. The van der Waals surface area contributed by atoms with Crippen molar-refractivity contribution in [3.05, 3.63) is 76.0 Å². The maximum Gasteiger partial charge on any atom is 0.0909 e. The van der Waals surface area contributed by atoms with Gasteiger partial charge in [0.15, 0.2) is 0 Å². The molecule has 2 heteroatoms. The van der Waals surface area contributed by atoms with Crippen LogP contribution < -0.4 is 0 Å². The topological polar surface area (TPSA) is 9.23 Å². The molecule has 1 nitrogen and oxygen atoms in total. The van der Waals surface area contributed by atoms with Gasteiger partial charge in [0, 0.05) is 10.0 Å². The van der Waals surface area contributed by atoms with E-state index in [0.29, 0.717) is 0 Å². The second kappa shape index (κ2) is 6.48. The molecule has 0 aromatic heterocycles. The Kier molecular flexibility index (Phi) is 4.89. The summed E-state index contributed by atoms with van der Waals surface area (Å²) in [5.74, 6) is 0. The third-order valence-electron chi connectivity index (χ3n) is 3.46. The zero-order valence-electron chi connectivity index (χ0n) is 13.0. The van der Waals surface area contributed by atoms with Crippen LogP contribution in [0, 0.1) is 0 Å². The molecule has 0 unspecified atom stereocenters. The van der Waals surface area contributed by atoms with Crippen molar-refractivity contribution in [3.8, 4) is 0 Å². The Morgan fingerprint density at radius 2 is 1.62 bits per heavy atom. The van der Waals surface area contributed by atoms with Crippen LogP contribution in [-0.4, -0.2) is 7.11 Å². The first-order chi connectivity index (χ1) is 9.93. The van der Waals surface area contributed by atoms with Crippen molar-refractivity contribution in [1.82, 2.24) is 0 Å². The number of rotatable bonds is 3. The molecule has 0 spiro atoms. The van der Waals surface area contributed by atoms with Gasteiger partial charge in [-0.05, 0) is 28.2 Å². The molecule has 2 aromatic rings. The molecule has 0 bridgehead atoms. The third-order valence-corrected chi connectivity index (χ3v) is 4.15. The Morgan fingerprint density at radius 3 is 2.14 bits per heavy atom. The summed E-state index contributed by atoms with van der Waals surface area (Å²) < 4.78 is 6.35. The Hall–Kier alpha value is -1.54. The van der Waals surface area contributed by atoms with E-state index in [1.165, 1.54) is 5.56 Å². The molecule has 0 heterocycles. The van der Waals surface area contributed by atoms with Crippen molar-refractivity contribution in [2.24, 2.45) is 0 Å². The van der Waals surface area contributed by atoms with Crippen LogP contribution in [0.5, 0.6) is 0 Å². The first-order valence-electron chi connectivity index (χ1n) is 7.02. The number of methoxy groups -OCH3 is 1. The van der Waals surface area contributed by atoms with Gasteiger partial charge in [0.2, 0.25) is 0 Å². The molecule has 110 valence electrons. The summed E-state index contributed by atoms with van der Waals surface area (Å²) in [6.45, 7) is 6.67. The van der Waals surface area contributed by atoms with Crippen molar-refractivity contribution >= 4 is 21.5 Å². The molecule has 0 aliphatic heterocycles. The van der Waals surface area contributed by atoms with Gasteiger partial charge in [-0.1, -0.05) is 79.2 Å². The zero-order chi connectivity index (χ0) is 15.5. The Labute approximate surface area is 135 Å². The first-order valence-corrected chi connectivity index (χ1v) is 7.81. The molecular weight excluding hydrogens is 324 g/mol. The average Bonchev–Trinajstić information content (AvgIpc) is 2.45. The van der Waals surface area contributed by atoms with E-state index in [-0.39, 0.29) is 5.41 Å². The molecule has 0 atom stereocenters. The molecule has 2 aromatic carbocycles. The average molecular weight is 345 g/mol. The van der Waals surface area contributed by atoms with Crippen LogP contribution in [0.2, 0.25) is 0 Å². The van der Waals surface area contributed by atoms with Crippen molar-refractivity contribution < 1.29 is 4.74 Å². The predicted octanol–water partition coefficient (Wildman–Crippen LogP) is 5.78. The minimum atomic E-state index is 0.164. The highest BCUT2D eigenvalue weighted by molar-refractivity contribution is 9.10. The summed E-state index contributed by atoms with van der Waals surface area (Å²) in [5.41, 5.74) is 4.84. The predicted molar refractivity (Wildman–Crippen MR) is 93.4 cm³/mol. The van der Waals surface area contributed by atoms with Crippen LogP contribution in [0.15, 0.2) is 59.3 Å². The number of ether oxygens (including phenoxy) is 1. The lowest BCUT2D eigenvalue weighted by molar-refractivity contribution is 0.340. The second-order valence-electron chi connectivity index (χ2n) is 6.07. The minimum absolute atomic E-state index is 0.164. The van der Waals surface area contributed by atoms with Crippen molar-refractivity contribution in [3.63, 3.8) is 0 Å². The SMILES string of the molecule is CO/C=C(\c1ccc(C(C)(C)C)cc1)c1ccccc1Br. The third kappa shape index (κ3) is 3.76. The number of hydrogen-bond donors (Lipinski definition) is 0. The van der Waals surface area contributed by atoms with Gasteiger partial charge in [-0.25, -0.2) is 0 Å². The van der Waals surface area contributed by atoms with Gasteiger partial charge in [-0.15, -0.1) is 0 Å². The molecule has 0 amide bonds. The summed E-state index contributed by atoms with van der Waals surface area (Å²) >= 11 is 3.61. The zero-order valence-corrected chi connectivity index (χ0v) is 14.6. The van der Waals surface area contributed by atoms with Gasteiger partial charge in [0.05, 0.1) is 13.4 Å². The van der Waals surface area contributed by atoms with Crippen LogP contribution in [0.25, 0.3) is 5.57 Å². The first kappa shape index (κ1) is 15.8. The van der Waals surface area contributed by atoms with Gasteiger partial charge in [-0.3, -0.25) is 0 Å². The fraction of sp³-hybridized carbons (Fsp3) is 0.263. The fourth-order valence-electron chi connectivity index (χ4n) is 2.23. The lowest BCUT2D eigenvalue weighted by atomic mass is 9.86. The van der Waals surface area contributed by atoms with E-state index in [9.17, 15) is 0 Å². The van der Waals surface area contributed by atoms with Gasteiger partial charge in [-0.2, -0.15) is 0 Å².